The molecule has 0 aliphatic carbocycles. The summed E-state index contributed by atoms with van der Waals surface area (Å²) in [5, 5.41) is 8.57. The molecule has 1 aliphatic heterocycles. The molecular weight excluding hydrogens is 274 g/mol. The first kappa shape index (κ1) is 15.2. The maximum absolute atomic E-state index is 11.9. The lowest BCUT2D eigenvalue weighted by atomic mass is 10.1. The number of hydrogen-bond donors (Lipinski definition) is 1. The van der Waals surface area contributed by atoms with Crippen molar-refractivity contribution in [1.82, 2.24) is 4.90 Å². The van der Waals surface area contributed by atoms with Crippen molar-refractivity contribution < 1.29 is 24.2 Å². The van der Waals surface area contributed by atoms with Crippen LogP contribution in [0.25, 0.3) is 0 Å². The first-order valence-corrected chi connectivity index (χ1v) is 6.90. The molecule has 1 N–H and O–H groups in total. The number of nitrogens with zero attached hydrogens (tertiary/aromatic N) is 1. The topological polar surface area (TPSA) is 76.1 Å². The van der Waals surface area contributed by atoms with Crippen molar-refractivity contribution in [3.63, 3.8) is 0 Å². The van der Waals surface area contributed by atoms with Crippen LogP contribution in [0.3, 0.4) is 0 Å². The smallest absolute Gasteiger partial charge is 0.303 e. The van der Waals surface area contributed by atoms with Crippen LogP contribution < -0.4 is 9.47 Å². The highest BCUT2D eigenvalue weighted by molar-refractivity contribution is 5.76. The van der Waals surface area contributed by atoms with Gasteiger partial charge in [-0.25, -0.2) is 0 Å². The highest BCUT2D eigenvalue weighted by atomic mass is 16.7. The van der Waals surface area contributed by atoms with E-state index in [1.54, 1.807) is 11.9 Å². The Morgan fingerprint density at radius 2 is 2.00 bits per heavy atom. The van der Waals surface area contributed by atoms with Crippen LogP contribution in [-0.4, -0.2) is 42.3 Å². The van der Waals surface area contributed by atoms with Gasteiger partial charge in [-0.3, -0.25) is 9.59 Å². The van der Waals surface area contributed by atoms with Gasteiger partial charge in [-0.1, -0.05) is 6.07 Å². The minimum Gasteiger partial charge on any atom is -0.481 e. The average Bonchev–Trinajstić information content (AvgIpc) is 2.91. The SMILES string of the molecule is CN(CCCC(=O)O)C(=O)CCc1ccc2c(c1)OCO2. The summed E-state index contributed by atoms with van der Waals surface area (Å²) in [6.45, 7) is 0.705. The van der Waals surface area contributed by atoms with Crippen molar-refractivity contribution in [3.8, 4) is 11.5 Å². The predicted octanol–water partition coefficient (Wildman–Crippen LogP) is 1.67. The fourth-order valence-corrected chi connectivity index (χ4v) is 2.13. The van der Waals surface area contributed by atoms with Crippen LogP contribution >= 0.6 is 0 Å². The third kappa shape index (κ3) is 4.37. The van der Waals surface area contributed by atoms with Crippen molar-refractivity contribution in [2.75, 3.05) is 20.4 Å². The van der Waals surface area contributed by atoms with Crippen LogP contribution in [0, 0.1) is 0 Å². The van der Waals surface area contributed by atoms with E-state index in [4.69, 9.17) is 14.6 Å². The van der Waals surface area contributed by atoms with E-state index in [9.17, 15) is 9.59 Å². The van der Waals surface area contributed by atoms with E-state index in [0.29, 0.717) is 25.8 Å². The van der Waals surface area contributed by atoms with Gasteiger partial charge in [-0.05, 0) is 30.5 Å². The molecule has 0 bridgehead atoms. The summed E-state index contributed by atoms with van der Waals surface area (Å²) in [4.78, 5) is 24.0. The predicted molar refractivity (Wildman–Crippen MR) is 75.4 cm³/mol. The number of carbonyl (C=O) groups is 2. The Balaban J connectivity index is 1.76. The lowest BCUT2D eigenvalue weighted by Gasteiger charge is -2.16. The molecular formula is C15H19NO5. The van der Waals surface area contributed by atoms with Gasteiger partial charge in [0, 0.05) is 26.4 Å². The zero-order valence-electron chi connectivity index (χ0n) is 12.0. The molecule has 0 spiro atoms. The molecule has 0 aromatic heterocycles. The van der Waals surface area contributed by atoms with E-state index in [1.165, 1.54) is 0 Å². The summed E-state index contributed by atoms with van der Waals surface area (Å²) in [5.74, 6) is 0.625. The molecule has 6 heteroatoms. The molecule has 1 heterocycles. The molecule has 1 aromatic carbocycles. The molecule has 21 heavy (non-hydrogen) atoms. The van der Waals surface area contributed by atoms with Crippen LogP contribution in [0.1, 0.15) is 24.8 Å². The monoisotopic (exact) mass is 293 g/mol. The largest absolute Gasteiger partial charge is 0.481 e. The van der Waals surface area contributed by atoms with Gasteiger partial charge >= 0.3 is 5.97 Å². The summed E-state index contributed by atoms with van der Waals surface area (Å²) in [6.07, 6.45) is 1.57. The standard InChI is InChI=1S/C15H19NO5/c1-16(8-2-3-15(18)19)14(17)7-5-11-4-6-12-13(9-11)21-10-20-12/h4,6,9H,2-3,5,7-8,10H2,1H3,(H,18,19). The van der Waals surface area contributed by atoms with E-state index in [1.807, 2.05) is 18.2 Å². The summed E-state index contributed by atoms with van der Waals surface area (Å²) in [5.41, 5.74) is 1.02. The molecule has 0 saturated heterocycles. The number of ether oxygens (including phenoxy) is 2. The van der Waals surface area contributed by atoms with Gasteiger partial charge in [0.05, 0.1) is 0 Å². The summed E-state index contributed by atoms with van der Waals surface area (Å²) >= 11 is 0. The number of carbonyl (C=O) groups excluding carboxylic acids is 1. The Kier molecular flexibility index (Phi) is 5.03. The fourth-order valence-electron chi connectivity index (χ4n) is 2.13. The van der Waals surface area contributed by atoms with Gasteiger partial charge in [0.1, 0.15) is 0 Å². The van der Waals surface area contributed by atoms with Crippen molar-refractivity contribution in [2.45, 2.75) is 25.7 Å². The minimum absolute atomic E-state index is 0.0121. The molecule has 2 rings (SSSR count). The summed E-state index contributed by atoms with van der Waals surface area (Å²) in [6, 6.07) is 5.66. The zero-order valence-corrected chi connectivity index (χ0v) is 12.0. The molecule has 1 aromatic rings. The Labute approximate surface area is 123 Å². The highest BCUT2D eigenvalue weighted by Crippen LogP contribution is 2.32. The van der Waals surface area contributed by atoms with Gasteiger partial charge in [0.15, 0.2) is 11.5 Å². The normalized spacial score (nSPS) is 12.2. The van der Waals surface area contributed by atoms with E-state index >= 15 is 0 Å². The lowest BCUT2D eigenvalue weighted by molar-refractivity contribution is -0.138. The first-order valence-electron chi connectivity index (χ1n) is 6.90. The number of rotatable bonds is 7. The molecule has 1 amide bonds. The van der Waals surface area contributed by atoms with Crippen molar-refractivity contribution in [3.05, 3.63) is 23.8 Å². The molecule has 0 fully saturated rings. The number of benzene rings is 1. The highest BCUT2D eigenvalue weighted by Gasteiger charge is 2.14. The number of carboxylic acids is 1. The number of fused-ring (bicyclic) bond motifs is 1. The van der Waals surface area contributed by atoms with E-state index in [0.717, 1.165) is 17.1 Å². The van der Waals surface area contributed by atoms with Gasteiger partial charge in [-0.15, -0.1) is 0 Å². The average molecular weight is 293 g/mol. The second kappa shape index (κ2) is 6.97. The van der Waals surface area contributed by atoms with Crippen LogP contribution in [0.4, 0.5) is 0 Å². The van der Waals surface area contributed by atoms with E-state index in [2.05, 4.69) is 0 Å². The van der Waals surface area contributed by atoms with E-state index < -0.39 is 5.97 Å². The fraction of sp³-hybridized carbons (Fsp3) is 0.467. The number of amides is 1. The molecule has 1 aliphatic rings. The maximum Gasteiger partial charge on any atom is 0.303 e. The van der Waals surface area contributed by atoms with Gasteiger partial charge in [0.2, 0.25) is 12.7 Å². The Morgan fingerprint density at radius 3 is 2.76 bits per heavy atom. The zero-order chi connectivity index (χ0) is 15.2. The van der Waals surface area contributed by atoms with E-state index in [-0.39, 0.29) is 19.1 Å². The molecule has 0 atom stereocenters. The number of aliphatic carboxylic acids is 1. The molecule has 0 unspecified atom stereocenters. The van der Waals surface area contributed by atoms with Crippen LogP contribution in [0.15, 0.2) is 18.2 Å². The van der Waals surface area contributed by atoms with Crippen molar-refractivity contribution in [1.29, 1.82) is 0 Å². The Hall–Kier alpha value is -2.24. The Morgan fingerprint density at radius 1 is 1.24 bits per heavy atom. The second-order valence-electron chi connectivity index (χ2n) is 5.00. The second-order valence-corrected chi connectivity index (χ2v) is 5.00. The van der Waals surface area contributed by atoms with Crippen LogP contribution in [-0.2, 0) is 16.0 Å². The maximum atomic E-state index is 11.9. The number of carboxylic acid groups (broad SMARTS) is 1. The Bertz CT molecular complexity index is 529. The summed E-state index contributed by atoms with van der Waals surface area (Å²) < 4.78 is 10.5. The number of aryl methyl sites for hydroxylation is 1. The third-order valence-electron chi connectivity index (χ3n) is 3.37. The molecule has 114 valence electrons. The molecule has 0 saturated carbocycles. The van der Waals surface area contributed by atoms with Gasteiger partial charge < -0.3 is 19.5 Å². The lowest BCUT2D eigenvalue weighted by Crippen LogP contribution is -2.28. The third-order valence-corrected chi connectivity index (χ3v) is 3.37. The minimum atomic E-state index is -0.837. The van der Waals surface area contributed by atoms with Gasteiger partial charge in [-0.2, -0.15) is 0 Å². The van der Waals surface area contributed by atoms with Crippen molar-refractivity contribution in [2.24, 2.45) is 0 Å². The molecule has 0 radical (unpaired) electrons. The van der Waals surface area contributed by atoms with Gasteiger partial charge in [0.25, 0.3) is 0 Å². The number of hydrogen-bond acceptors (Lipinski definition) is 4. The quantitative estimate of drug-likeness (QED) is 0.827. The van der Waals surface area contributed by atoms with Crippen molar-refractivity contribution >= 4 is 11.9 Å². The summed E-state index contributed by atoms with van der Waals surface area (Å²) in [7, 11) is 1.70. The van der Waals surface area contributed by atoms with Crippen LogP contribution in [0.5, 0.6) is 11.5 Å². The molecule has 6 nitrogen and oxygen atoms in total. The first-order chi connectivity index (χ1) is 10.1. The van der Waals surface area contributed by atoms with Crippen LogP contribution in [0.2, 0.25) is 0 Å².